The van der Waals surface area contributed by atoms with Crippen molar-refractivity contribution in [2.24, 2.45) is 23.2 Å². The van der Waals surface area contributed by atoms with Crippen molar-refractivity contribution in [3.8, 4) is 5.75 Å². The monoisotopic (exact) mass is 871 g/mol. The van der Waals surface area contributed by atoms with Crippen molar-refractivity contribution in [3.05, 3.63) is 112 Å². The van der Waals surface area contributed by atoms with Crippen LogP contribution in [0.4, 0.5) is 31.1 Å². The van der Waals surface area contributed by atoms with Gasteiger partial charge in [0, 0.05) is 23.1 Å². The summed E-state index contributed by atoms with van der Waals surface area (Å²) < 4.78 is 91.1. The lowest BCUT2D eigenvalue weighted by atomic mass is 9.64. The van der Waals surface area contributed by atoms with E-state index in [9.17, 15) is 46.1 Å². The Kier molecular flexibility index (Phi) is 14.3. The lowest BCUT2D eigenvalue weighted by Crippen LogP contribution is -2.54. The average Bonchev–Trinajstić information content (AvgIpc) is 3.44. The van der Waals surface area contributed by atoms with E-state index in [2.05, 4.69) is 31.6 Å². The summed E-state index contributed by atoms with van der Waals surface area (Å²) >= 11 is 0. The maximum Gasteiger partial charge on any atom is 0.573 e. The Hall–Kier alpha value is -4.36. The summed E-state index contributed by atoms with van der Waals surface area (Å²) in [5.74, 6) is -0.882. The maximum atomic E-state index is 14.5. The summed E-state index contributed by atoms with van der Waals surface area (Å²) in [6.07, 6.45) is -4.00. The molecule has 0 radical (unpaired) electrons. The Bertz CT molecular complexity index is 2080. The van der Waals surface area contributed by atoms with Crippen LogP contribution in [-0.2, 0) is 23.9 Å². The van der Waals surface area contributed by atoms with Crippen LogP contribution >= 0.6 is 0 Å². The van der Waals surface area contributed by atoms with Crippen LogP contribution in [0.1, 0.15) is 136 Å². The van der Waals surface area contributed by atoms with Crippen LogP contribution in [0.2, 0.25) is 0 Å². The number of hydrogen-bond donors (Lipinski definition) is 2. The predicted molar refractivity (Wildman–Crippen MR) is 223 cm³/mol. The number of carbonyl (C=O) groups is 2. The quantitative estimate of drug-likeness (QED) is 0.126. The van der Waals surface area contributed by atoms with Gasteiger partial charge >= 0.3 is 18.6 Å². The molecular weight excluding hydrogens is 813 g/mol. The number of fused-ring (bicyclic) bond motifs is 8. The fourth-order valence-electron chi connectivity index (χ4n) is 10.2. The standard InChI is InChI=1S/C49H59F6NO6/c1-30(2)39-19-12-32(4)24-43(39)61-45(59)56(28-33-13-17-38(18-14-33)62-49(53,54)55)29-47(60)23-21-42-40-20-15-34(25-37(57)16-11-31(3)8-7-22-46(42,47)5)26-41(40)44(58)35-9-6-10-36(27-35)48(50,51)52/h6,8-10,13-15,17-18,20,26-27,30,32,37,39,42-43,57,60H,7,11-12,16,19,21-25,28-29H2,1-5H3. The van der Waals surface area contributed by atoms with Gasteiger partial charge in [-0.25, -0.2) is 4.79 Å². The summed E-state index contributed by atoms with van der Waals surface area (Å²) in [5.41, 5.74) is -0.826. The SMILES string of the molecule is CC1=CCCC2(C)C(CCC2(O)CN(Cc2ccc(OC(F)(F)F)cc2)C(=O)OC2CC(C)CCC2C(C)C)c2ccc(cc2C(=O)c2cccc(C(F)(F)F)c2)CC(O)CC1. The Morgan fingerprint density at radius 2 is 1.66 bits per heavy atom. The van der Waals surface area contributed by atoms with E-state index < -0.39 is 58.8 Å². The summed E-state index contributed by atoms with van der Waals surface area (Å²) in [6.45, 7) is 9.91. The average molecular weight is 872 g/mol. The van der Waals surface area contributed by atoms with Crippen LogP contribution in [0.3, 0.4) is 0 Å². The van der Waals surface area contributed by atoms with Gasteiger partial charge in [0.25, 0.3) is 0 Å². The Morgan fingerprint density at radius 3 is 2.34 bits per heavy atom. The molecule has 7 nitrogen and oxygen atoms in total. The number of ether oxygens (including phenoxy) is 2. The molecule has 4 aliphatic carbocycles. The number of allylic oxidation sites excluding steroid dienone is 2. The van der Waals surface area contributed by atoms with Crippen LogP contribution in [-0.4, -0.2) is 57.7 Å². The highest BCUT2D eigenvalue weighted by Gasteiger charge is 2.58. The third-order valence-corrected chi connectivity index (χ3v) is 13.8. The van der Waals surface area contributed by atoms with E-state index >= 15 is 0 Å². The molecule has 13 heteroatoms. The van der Waals surface area contributed by atoms with Crippen molar-refractivity contribution >= 4 is 11.9 Å². The van der Waals surface area contributed by atoms with E-state index in [1.54, 1.807) is 12.1 Å². The molecular formula is C49H59F6NO6. The van der Waals surface area contributed by atoms with E-state index in [4.69, 9.17) is 4.74 Å². The van der Waals surface area contributed by atoms with Gasteiger partial charge in [0.2, 0.25) is 0 Å². The van der Waals surface area contributed by atoms with Gasteiger partial charge in [0.15, 0.2) is 5.78 Å². The zero-order chi connectivity index (χ0) is 45.2. The zero-order valence-corrected chi connectivity index (χ0v) is 36.1. The maximum absolute atomic E-state index is 14.5. The van der Waals surface area contributed by atoms with Crippen molar-refractivity contribution in [2.75, 3.05) is 6.54 Å². The van der Waals surface area contributed by atoms with Gasteiger partial charge < -0.3 is 24.6 Å². The van der Waals surface area contributed by atoms with E-state index in [0.717, 1.165) is 30.5 Å². The Labute approximate surface area is 360 Å². The summed E-state index contributed by atoms with van der Waals surface area (Å²) in [4.78, 5) is 30.4. The third-order valence-electron chi connectivity index (χ3n) is 13.8. The molecule has 7 rings (SSSR count). The first-order valence-corrected chi connectivity index (χ1v) is 21.8. The molecule has 0 aliphatic heterocycles. The lowest BCUT2D eigenvalue weighted by molar-refractivity contribution is -0.274. The van der Waals surface area contributed by atoms with Crippen LogP contribution in [0.15, 0.2) is 78.4 Å². The van der Waals surface area contributed by atoms with Gasteiger partial charge in [-0.1, -0.05) is 82.2 Å². The normalized spacial score (nSPS) is 27.3. The van der Waals surface area contributed by atoms with E-state index in [0.29, 0.717) is 61.1 Å². The first-order valence-electron chi connectivity index (χ1n) is 21.8. The van der Waals surface area contributed by atoms with Crippen molar-refractivity contribution in [1.82, 2.24) is 4.90 Å². The molecule has 2 saturated carbocycles. The number of nitrogens with zero attached hydrogens (tertiary/aromatic N) is 1. The molecule has 0 spiro atoms. The Balaban J connectivity index is 1.42. The first-order chi connectivity index (χ1) is 29.0. The zero-order valence-electron chi connectivity index (χ0n) is 36.1. The fourth-order valence-corrected chi connectivity index (χ4v) is 10.2. The number of amides is 1. The highest BCUT2D eigenvalue weighted by molar-refractivity contribution is 6.10. The molecule has 0 heterocycles. The second-order valence-electron chi connectivity index (χ2n) is 18.7. The Morgan fingerprint density at radius 1 is 0.935 bits per heavy atom. The van der Waals surface area contributed by atoms with Crippen molar-refractivity contribution in [2.45, 2.75) is 142 Å². The number of ketones is 1. The number of rotatable bonds is 9. The first kappa shape index (κ1) is 47.1. The van der Waals surface area contributed by atoms with Crippen LogP contribution < -0.4 is 4.74 Å². The van der Waals surface area contributed by atoms with Gasteiger partial charge in [-0.15, -0.1) is 13.2 Å². The second kappa shape index (κ2) is 18.8. The van der Waals surface area contributed by atoms with Crippen LogP contribution in [0.25, 0.3) is 0 Å². The van der Waals surface area contributed by atoms with Crippen molar-refractivity contribution in [1.29, 1.82) is 0 Å². The number of halogens is 6. The molecule has 2 fully saturated rings. The number of aliphatic hydroxyl groups is 2. The van der Waals surface area contributed by atoms with Gasteiger partial charge in [0.05, 0.1) is 23.8 Å². The van der Waals surface area contributed by atoms with Gasteiger partial charge in [-0.3, -0.25) is 4.79 Å². The highest BCUT2D eigenvalue weighted by atomic mass is 19.4. The molecule has 4 aliphatic rings. The summed E-state index contributed by atoms with van der Waals surface area (Å²) in [7, 11) is 0. The summed E-state index contributed by atoms with van der Waals surface area (Å²) in [6, 6.07) is 14.8. The number of aliphatic hydroxyl groups excluding tert-OH is 1. The van der Waals surface area contributed by atoms with Gasteiger partial charge in [0.1, 0.15) is 11.9 Å². The van der Waals surface area contributed by atoms with E-state index in [-0.39, 0.29) is 55.0 Å². The minimum absolute atomic E-state index is 0.0991. The number of benzene rings is 3. The molecule has 3 aromatic rings. The van der Waals surface area contributed by atoms with Crippen LogP contribution in [0, 0.1) is 23.2 Å². The fraction of sp³-hybridized carbons (Fsp3) is 0.551. The minimum atomic E-state index is -4.89. The molecule has 7 unspecified atom stereocenters. The number of alkyl halides is 6. The molecule has 7 atom stereocenters. The lowest BCUT2D eigenvalue weighted by Gasteiger charge is -2.46. The van der Waals surface area contributed by atoms with Gasteiger partial charge in [-0.2, -0.15) is 13.2 Å². The second-order valence-corrected chi connectivity index (χ2v) is 18.7. The molecule has 2 bridgehead atoms. The molecule has 2 N–H and O–H groups in total. The van der Waals surface area contributed by atoms with E-state index in [1.165, 1.54) is 41.3 Å². The molecule has 0 saturated heterocycles. The predicted octanol–water partition coefficient (Wildman–Crippen LogP) is 12.0. The smallest absolute Gasteiger partial charge is 0.446 e. The number of hydrogen-bond acceptors (Lipinski definition) is 6. The molecule has 3 aromatic carbocycles. The molecule has 1 amide bonds. The van der Waals surface area contributed by atoms with Crippen molar-refractivity contribution < 1.29 is 55.6 Å². The molecule has 62 heavy (non-hydrogen) atoms. The van der Waals surface area contributed by atoms with Gasteiger partial charge in [-0.05, 0) is 135 Å². The molecule has 338 valence electrons. The summed E-state index contributed by atoms with van der Waals surface area (Å²) in [5, 5.41) is 24.2. The van der Waals surface area contributed by atoms with E-state index in [1.807, 2.05) is 19.9 Å². The van der Waals surface area contributed by atoms with Crippen LogP contribution in [0.5, 0.6) is 5.75 Å². The largest absolute Gasteiger partial charge is 0.573 e. The topological polar surface area (TPSA) is 96.3 Å². The minimum Gasteiger partial charge on any atom is -0.446 e. The molecule has 0 aromatic heterocycles. The third kappa shape index (κ3) is 11.0. The van der Waals surface area contributed by atoms with Crippen molar-refractivity contribution in [3.63, 3.8) is 0 Å². The number of carbonyl (C=O) groups excluding carboxylic acids is 2. The highest BCUT2D eigenvalue weighted by Crippen LogP contribution is 2.59.